The van der Waals surface area contributed by atoms with Crippen LogP contribution in [0.2, 0.25) is 0 Å². The Kier molecular flexibility index (Phi) is 7.20. The van der Waals surface area contributed by atoms with Crippen molar-refractivity contribution in [3.8, 4) is 17.2 Å². The van der Waals surface area contributed by atoms with Crippen LogP contribution in [0.5, 0.6) is 17.2 Å². The summed E-state index contributed by atoms with van der Waals surface area (Å²) in [6, 6.07) is 8.82. The number of methoxy groups -OCH3 is 3. The first-order chi connectivity index (χ1) is 13.4. The highest BCUT2D eigenvalue weighted by molar-refractivity contribution is 5.83. The Hall–Kier alpha value is -3.29. The first-order valence-corrected chi connectivity index (χ1v) is 8.40. The molecule has 2 aromatic carbocycles. The lowest BCUT2D eigenvalue weighted by molar-refractivity contribution is -0.144. The van der Waals surface area contributed by atoms with Crippen molar-refractivity contribution < 1.29 is 33.3 Å². The molecular weight excluding hydrogens is 369 g/mol. The topological polar surface area (TPSA) is 85.3 Å². The normalized spacial score (nSPS) is 10.3. The van der Waals surface area contributed by atoms with E-state index >= 15 is 0 Å². The van der Waals surface area contributed by atoms with E-state index in [9.17, 15) is 14.0 Å². The van der Waals surface area contributed by atoms with Gasteiger partial charge >= 0.3 is 5.97 Å². The lowest BCUT2D eigenvalue weighted by Crippen LogP contribution is -2.36. The molecular formula is C20H22FNO6. The molecule has 0 radical (unpaired) electrons. The minimum Gasteiger partial charge on any atom is -0.493 e. The van der Waals surface area contributed by atoms with E-state index in [1.165, 1.54) is 50.5 Å². The van der Waals surface area contributed by atoms with Crippen LogP contribution in [0, 0.1) is 5.82 Å². The Balaban J connectivity index is 2.24. The first kappa shape index (κ1) is 21.0. The van der Waals surface area contributed by atoms with Crippen LogP contribution >= 0.6 is 0 Å². The minimum atomic E-state index is -1.14. The van der Waals surface area contributed by atoms with Gasteiger partial charge in [-0.1, -0.05) is 12.1 Å². The number of hydrogen-bond donors (Lipinski definition) is 1. The molecule has 0 spiro atoms. The number of carbonyl (C=O) groups excluding carboxylic acids is 1. The van der Waals surface area contributed by atoms with Gasteiger partial charge in [-0.25, -0.2) is 4.39 Å². The molecule has 1 amide bonds. The molecule has 0 saturated carbocycles. The average Bonchev–Trinajstić information content (AvgIpc) is 2.67. The van der Waals surface area contributed by atoms with E-state index in [4.69, 9.17) is 19.3 Å². The summed E-state index contributed by atoms with van der Waals surface area (Å²) < 4.78 is 28.9. The van der Waals surface area contributed by atoms with E-state index in [1.807, 2.05) is 0 Å². The summed E-state index contributed by atoms with van der Waals surface area (Å²) in [5, 5.41) is 9.14. The molecule has 0 saturated heterocycles. The minimum absolute atomic E-state index is 0.0514. The van der Waals surface area contributed by atoms with Gasteiger partial charge in [0.05, 0.1) is 27.8 Å². The standard InChI is InChI=1S/C20H22FNO6/c1-26-16-8-14(9-17(27-2)20(16)28-3)10-18(23)22(12-19(24)25)11-13-4-6-15(21)7-5-13/h4-9H,10-12H2,1-3H3,(H,24,25). The Morgan fingerprint density at radius 3 is 2.00 bits per heavy atom. The van der Waals surface area contributed by atoms with E-state index in [0.717, 1.165) is 0 Å². The highest BCUT2D eigenvalue weighted by Gasteiger charge is 2.20. The van der Waals surface area contributed by atoms with E-state index in [2.05, 4.69) is 0 Å². The maximum atomic E-state index is 13.1. The molecule has 0 aliphatic heterocycles. The predicted molar refractivity (Wildman–Crippen MR) is 99.3 cm³/mol. The molecule has 0 atom stereocenters. The van der Waals surface area contributed by atoms with Gasteiger partial charge in [-0.3, -0.25) is 9.59 Å². The van der Waals surface area contributed by atoms with Crippen molar-refractivity contribution >= 4 is 11.9 Å². The number of carbonyl (C=O) groups is 2. The number of hydrogen-bond acceptors (Lipinski definition) is 5. The number of nitrogens with zero attached hydrogens (tertiary/aromatic N) is 1. The van der Waals surface area contributed by atoms with Crippen LogP contribution in [0.15, 0.2) is 36.4 Å². The number of carboxylic acid groups (broad SMARTS) is 1. The maximum Gasteiger partial charge on any atom is 0.323 e. The van der Waals surface area contributed by atoms with Gasteiger partial charge in [-0.2, -0.15) is 0 Å². The quantitative estimate of drug-likeness (QED) is 0.707. The van der Waals surface area contributed by atoms with Crippen molar-refractivity contribution in [1.29, 1.82) is 0 Å². The number of aliphatic carboxylic acids is 1. The fourth-order valence-electron chi connectivity index (χ4n) is 2.73. The summed E-state index contributed by atoms with van der Waals surface area (Å²) in [5.41, 5.74) is 1.20. The van der Waals surface area contributed by atoms with E-state index in [1.54, 1.807) is 12.1 Å². The number of halogens is 1. The number of rotatable bonds is 9. The Morgan fingerprint density at radius 2 is 1.54 bits per heavy atom. The van der Waals surface area contributed by atoms with Crippen LogP contribution in [-0.4, -0.2) is 49.8 Å². The third-order valence-electron chi connectivity index (χ3n) is 4.05. The zero-order valence-electron chi connectivity index (χ0n) is 15.9. The number of benzene rings is 2. The van der Waals surface area contributed by atoms with Crippen molar-refractivity contribution in [1.82, 2.24) is 4.90 Å². The highest BCUT2D eigenvalue weighted by Crippen LogP contribution is 2.38. The van der Waals surface area contributed by atoms with Gasteiger partial charge in [0.2, 0.25) is 11.7 Å². The van der Waals surface area contributed by atoms with Crippen molar-refractivity contribution in [2.75, 3.05) is 27.9 Å². The van der Waals surface area contributed by atoms with Crippen LogP contribution < -0.4 is 14.2 Å². The van der Waals surface area contributed by atoms with Crippen LogP contribution in [0.1, 0.15) is 11.1 Å². The van der Waals surface area contributed by atoms with Crippen molar-refractivity contribution in [3.05, 3.63) is 53.3 Å². The van der Waals surface area contributed by atoms with E-state index in [0.29, 0.717) is 28.4 Å². The lowest BCUT2D eigenvalue weighted by atomic mass is 10.1. The molecule has 0 aromatic heterocycles. The van der Waals surface area contributed by atoms with Gasteiger partial charge in [0.25, 0.3) is 0 Å². The van der Waals surface area contributed by atoms with Crippen molar-refractivity contribution in [2.24, 2.45) is 0 Å². The number of amides is 1. The Morgan fingerprint density at radius 1 is 0.964 bits per heavy atom. The lowest BCUT2D eigenvalue weighted by Gasteiger charge is -2.21. The molecule has 28 heavy (non-hydrogen) atoms. The molecule has 0 unspecified atom stereocenters. The fraction of sp³-hybridized carbons (Fsp3) is 0.300. The third kappa shape index (κ3) is 5.35. The van der Waals surface area contributed by atoms with Gasteiger partial charge < -0.3 is 24.2 Å². The van der Waals surface area contributed by atoms with Gasteiger partial charge in [-0.05, 0) is 35.4 Å². The van der Waals surface area contributed by atoms with Gasteiger partial charge in [0, 0.05) is 6.54 Å². The van der Waals surface area contributed by atoms with Gasteiger partial charge in [0.15, 0.2) is 11.5 Å². The Bertz CT molecular complexity index is 812. The summed E-state index contributed by atoms with van der Waals surface area (Å²) in [7, 11) is 4.41. The molecule has 0 bridgehead atoms. The molecule has 0 aliphatic carbocycles. The third-order valence-corrected chi connectivity index (χ3v) is 4.05. The molecule has 0 heterocycles. The highest BCUT2D eigenvalue weighted by atomic mass is 19.1. The second-order valence-electron chi connectivity index (χ2n) is 5.98. The summed E-state index contributed by atoms with van der Waals surface area (Å²) in [4.78, 5) is 25.1. The average molecular weight is 391 g/mol. The second kappa shape index (κ2) is 9.59. The predicted octanol–water partition coefficient (Wildman–Crippen LogP) is 2.51. The zero-order valence-corrected chi connectivity index (χ0v) is 15.9. The largest absolute Gasteiger partial charge is 0.493 e. The molecule has 8 heteroatoms. The number of carboxylic acids is 1. The molecule has 0 aliphatic rings. The van der Waals surface area contributed by atoms with E-state index in [-0.39, 0.29) is 13.0 Å². The van der Waals surface area contributed by atoms with Gasteiger partial charge in [-0.15, -0.1) is 0 Å². The first-order valence-electron chi connectivity index (χ1n) is 8.40. The summed E-state index contributed by atoms with van der Waals surface area (Å²) in [5.74, 6) is -0.755. The molecule has 1 N–H and O–H groups in total. The fourth-order valence-corrected chi connectivity index (χ4v) is 2.73. The van der Waals surface area contributed by atoms with Gasteiger partial charge in [0.1, 0.15) is 12.4 Å². The SMILES string of the molecule is COc1cc(CC(=O)N(CC(=O)O)Cc2ccc(F)cc2)cc(OC)c1OC. The second-order valence-corrected chi connectivity index (χ2v) is 5.98. The van der Waals surface area contributed by atoms with Crippen molar-refractivity contribution in [2.45, 2.75) is 13.0 Å². The molecule has 2 aromatic rings. The van der Waals surface area contributed by atoms with Crippen LogP contribution in [0.25, 0.3) is 0 Å². The number of ether oxygens (including phenoxy) is 3. The zero-order chi connectivity index (χ0) is 20.7. The molecule has 7 nitrogen and oxygen atoms in total. The summed E-state index contributed by atoms with van der Waals surface area (Å²) >= 11 is 0. The van der Waals surface area contributed by atoms with Crippen molar-refractivity contribution in [3.63, 3.8) is 0 Å². The smallest absolute Gasteiger partial charge is 0.323 e. The van der Waals surface area contributed by atoms with E-state index < -0.39 is 24.2 Å². The maximum absolute atomic E-state index is 13.1. The van der Waals surface area contributed by atoms with Crippen LogP contribution in [0.4, 0.5) is 4.39 Å². The van der Waals surface area contributed by atoms with Crippen LogP contribution in [0.3, 0.4) is 0 Å². The summed E-state index contributed by atoms with van der Waals surface area (Å²) in [6.45, 7) is -0.420. The molecule has 0 fully saturated rings. The Labute approximate surface area is 162 Å². The molecule has 2 rings (SSSR count). The monoisotopic (exact) mass is 391 g/mol. The molecule has 150 valence electrons. The van der Waals surface area contributed by atoms with Crippen LogP contribution in [-0.2, 0) is 22.6 Å². The summed E-state index contributed by atoms with van der Waals surface area (Å²) in [6.07, 6.45) is -0.0643.